The number of hydrogen-bond donors (Lipinski definition) is 2. The highest BCUT2D eigenvalue weighted by molar-refractivity contribution is 6.31. The summed E-state index contributed by atoms with van der Waals surface area (Å²) in [5, 5.41) is 15.6. The molecule has 144 valence electrons. The Morgan fingerprint density at radius 3 is 3.00 bits per heavy atom. The molecular weight excluding hydrogens is 368 g/mol. The van der Waals surface area contributed by atoms with Crippen molar-refractivity contribution in [1.82, 2.24) is 19.8 Å². The summed E-state index contributed by atoms with van der Waals surface area (Å²) in [5.41, 5.74) is 1.90. The van der Waals surface area contributed by atoms with Gasteiger partial charge in [0.1, 0.15) is 11.8 Å². The smallest absolute Gasteiger partial charge is 0.252 e. The number of rotatable bonds is 4. The molecule has 2 fully saturated rings. The molecule has 27 heavy (non-hydrogen) atoms. The van der Waals surface area contributed by atoms with E-state index >= 15 is 0 Å². The van der Waals surface area contributed by atoms with Gasteiger partial charge in [0.2, 0.25) is 0 Å². The summed E-state index contributed by atoms with van der Waals surface area (Å²) in [6.07, 6.45) is 3.02. The predicted octanol–water partition coefficient (Wildman–Crippen LogP) is 0.955. The number of aromatic nitrogens is 2. The highest BCUT2D eigenvalue weighted by atomic mass is 35.5. The Balaban J connectivity index is 1.32. The maximum atomic E-state index is 12.8. The fraction of sp³-hybridized carbons (Fsp3) is 0.579. The van der Waals surface area contributed by atoms with Crippen molar-refractivity contribution in [3.63, 3.8) is 0 Å². The average Bonchev–Trinajstić information content (AvgIpc) is 3.13. The Bertz CT molecular complexity index is 881. The molecule has 0 spiro atoms. The number of amides is 1. The third kappa shape index (κ3) is 3.02. The lowest BCUT2D eigenvalue weighted by atomic mass is 9.99. The Morgan fingerprint density at radius 1 is 1.37 bits per heavy atom. The summed E-state index contributed by atoms with van der Waals surface area (Å²) in [6, 6.07) is 4.10. The summed E-state index contributed by atoms with van der Waals surface area (Å²) < 4.78 is 7.87. The summed E-state index contributed by atoms with van der Waals surface area (Å²) in [6.45, 7) is 2.67. The number of ether oxygens (including phenoxy) is 1. The van der Waals surface area contributed by atoms with E-state index in [-0.39, 0.29) is 18.1 Å². The van der Waals surface area contributed by atoms with Crippen molar-refractivity contribution < 1.29 is 14.6 Å². The van der Waals surface area contributed by atoms with E-state index in [1.54, 1.807) is 6.20 Å². The highest BCUT2D eigenvalue weighted by Crippen LogP contribution is 2.30. The largest absolute Gasteiger partial charge is 0.389 e. The molecule has 5 rings (SSSR count). The first-order valence-corrected chi connectivity index (χ1v) is 9.95. The molecule has 7 nitrogen and oxygen atoms in total. The maximum Gasteiger partial charge on any atom is 0.252 e. The van der Waals surface area contributed by atoms with Gasteiger partial charge in [-0.2, -0.15) is 0 Å². The quantitative estimate of drug-likeness (QED) is 0.812. The van der Waals surface area contributed by atoms with Crippen molar-refractivity contribution in [3.05, 3.63) is 29.0 Å². The number of carbonyl (C=O) groups excluding carboxylic acids is 1. The molecule has 4 atom stereocenters. The number of nitrogens with one attached hydrogen (secondary N) is 1. The van der Waals surface area contributed by atoms with Crippen LogP contribution in [0.1, 0.15) is 18.5 Å². The van der Waals surface area contributed by atoms with Gasteiger partial charge in [0.05, 0.1) is 30.3 Å². The van der Waals surface area contributed by atoms with Gasteiger partial charge in [-0.3, -0.25) is 4.79 Å². The van der Waals surface area contributed by atoms with Crippen molar-refractivity contribution in [2.24, 2.45) is 0 Å². The SMILES string of the molecule is O=C1C(OCC2CCN2)CCN1C1Cc2cc3cc(Cl)cnc3n2CC1O. The molecule has 0 aliphatic carbocycles. The predicted molar refractivity (Wildman–Crippen MR) is 101 cm³/mol. The van der Waals surface area contributed by atoms with Crippen LogP contribution in [0.3, 0.4) is 0 Å². The van der Waals surface area contributed by atoms with E-state index in [0.717, 1.165) is 29.7 Å². The van der Waals surface area contributed by atoms with Crippen LogP contribution in [0.4, 0.5) is 0 Å². The van der Waals surface area contributed by atoms with Gasteiger partial charge in [-0.1, -0.05) is 11.6 Å². The maximum absolute atomic E-state index is 12.8. The topological polar surface area (TPSA) is 79.6 Å². The molecule has 3 aliphatic heterocycles. The first-order chi connectivity index (χ1) is 13.1. The molecule has 0 bridgehead atoms. The van der Waals surface area contributed by atoms with Crippen LogP contribution in [0.15, 0.2) is 18.3 Å². The van der Waals surface area contributed by atoms with E-state index in [9.17, 15) is 9.90 Å². The molecule has 8 heteroatoms. The van der Waals surface area contributed by atoms with E-state index in [2.05, 4.69) is 16.4 Å². The molecule has 4 unspecified atom stereocenters. The van der Waals surface area contributed by atoms with Gasteiger partial charge < -0.3 is 24.6 Å². The van der Waals surface area contributed by atoms with Crippen molar-refractivity contribution >= 4 is 28.5 Å². The average molecular weight is 391 g/mol. The van der Waals surface area contributed by atoms with Crippen molar-refractivity contribution in [2.45, 2.75) is 50.1 Å². The Labute approximate surface area is 162 Å². The molecule has 3 aliphatic rings. The molecule has 0 saturated carbocycles. The van der Waals surface area contributed by atoms with Crippen LogP contribution in [-0.4, -0.2) is 69.5 Å². The van der Waals surface area contributed by atoms with Gasteiger partial charge >= 0.3 is 0 Å². The van der Waals surface area contributed by atoms with Gasteiger partial charge in [0.15, 0.2) is 0 Å². The molecular formula is C19H23ClN4O3. The first-order valence-electron chi connectivity index (χ1n) is 9.57. The van der Waals surface area contributed by atoms with Gasteiger partial charge in [0, 0.05) is 42.7 Å². The number of hydrogen-bond acceptors (Lipinski definition) is 5. The van der Waals surface area contributed by atoms with E-state index < -0.39 is 6.10 Å². The Kier molecular flexibility index (Phi) is 4.35. The summed E-state index contributed by atoms with van der Waals surface area (Å²) >= 11 is 6.05. The zero-order chi connectivity index (χ0) is 18.5. The Morgan fingerprint density at radius 2 is 2.22 bits per heavy atom. The zero-order valence-corrected chi connectivity index (χ0v) is 15.7. The van der Waals surface area contributed by atoms with Crippen LogP contribution in [0.2, 0.25) is 5.02 Å². The number of pyridine rings is 1. The first kappa shape index (κ1) is 17.4. The number of aliphatic hydroxyl groups is 1. The normalized spacial score (nSPS) is 30.6. The minimum atomic E-state index is -0.624. The molecule has 2 N–H and O–H groups in total. The van der Waals surface area contributed by atoms with Gasteiger partial charge in [0.25, 0.3) is 5.91 Å². The molecule has 2 aromatic heterocycles. The standard InChI is InChI=1S/C19H23ClN4O3/c20-12-5-11-6-14-7-15(16(25)9-24(14)18(11)22-8-12)23-4-2-17(19(23)26)27-10-13-1-3-21-13/h5-6,8,13,15-17,21,25H,1-4,7,9-10H2. The molecule has 0 aromatic carbocycles. The van der Waals surface area contributed by atoms with Crippen molar-refractivity contribution in [2.75, 3.05) is 19.7 Å². The van der Waals surface area contributed by atoms with Crippen molar-refractivity contribution in [3.8, 4) is 0 Å². The van der Waals surface area contributed by atoms with Crippen LogP contribution in [0.25, 0.3) is 11.0 Å². The summed E-state index contributed by atoms with van der Waals surface area (Å²) in [4.78, 5) is 19.0. The minimum Gasteiger partial charge on any atom is -0.389 e. The Hall–Kier alpha value is -1.67. The van der Waals surface area contributed by atoms with E-state index in [1.807, 2.05) is 15.5 Å². The van der Waals surface area contributed by atoms with Gasteiger partial charge in [-0.15, -0.1) is 0 Å². The summed E-state index contributed by atoms with van der Waals surface area (Å²) in [5.74, 6) is 0.00380. The van der Waals surface area contributed by atoms with E-state index in [1.165, 1.54) is 0 Å². The van der Waals surface area contributed by atoms with Crippen LogP contribution in [0, 0.1) is 0 Å². The van der Waals surface area contributed by atoms with E-state index in [0.29, 0.717) is 43.6 Å². The lowest BCUT2D eigenvalue weighted by Gasteiger charge is -2.36. The number of nitrogens with zero attached hydrogens (tertiary/aromatic N) is 3. The second kappa shape index (κ2) is 6.74. The minimum absolute atomic E-state index is 0.00380. The van der Waals surface area contributed by atoms with Crippen LogP contribution in [0.5, 0.6) is 0 Å². The molecule has 2 saturated heterocycles. The number of carbonyl (C=O) groups is 1. The molecule has 1 amide bonds. The number of aliphatic hydroxyl groups excluding tert-OH is 1. The van der Waals surface area contributed by atoms with E-state index in [4.69, 9.17) is 16.3 Å². The third-order valence-corrected chi connectivity index (χ3v) is 6.24. The highest BCUT2D eigenvalue weighted by Gasteiger charge is 2.42. The van der Waals surface area contributed by atoms with Crippen molar-refractivity contribution in [1.29, 1.82) is 0 Å². The summed E-state index contributed by atoms with van der Waals surface area (Å²) in [7, 11) is 0. The monoisotopic (exact) mass is 390 g/mol. The molecule has 5 heterocycles. The van der Waals surface area contributed by atoms with Gasteiger partial charge in [-0.25, -0.2) is 4.98 Å². The second-order valence-electron chi connectivity index (χ2n) is 7.73. The lowest BCUT2D eigenvalue weighted by Crippen LogP contribution is -2.51. The number of likely N-dealkylation sites (tertiary alicyclic amines) is 1. The van der Waals surface area contributed by atoms with Gasteiger partial charge in [-0.05, 0) is 25.1 Å². The van der Waals surface area contributed by atoms with Crippen LogP contribution in [-0.2, 0) is 22.5 Å². The fourth-order valence-corrected chi connectivity index (χ4v) is 4.57. The molecule has 2 aromatic rings. The molecule has 0 radical (unpaired) electrons. The third-order valence-electron chi connectivity index (χ3n) is 6.03. The number of halogens is 1. The van der Waals surface area contributed by atoms with Crippen LogP contribution >= 0.6 is 11.6 Å². The zero-order valence-electron chi connectivity index (χ0n) is 15.0. The van der Waals surface area contributed by atoms with Crippen LogP contribution < -0.4 is 5.32 Å². The second-order valence-corrected chi connectivity index (χ2v) is 8.17. The fourth-order valence-electron chi connectivity index (χ4n) is 4.40. The number of fused-ring (bicyclic) bond motifs is 3. The lowest BCUT2D eigenvalue weighted by molar-refractivity contribution is -0.142.